The molecule has 0 radical (unpaired) electrons. The minimum absolute atomic E-state index is 0.363. The molecule has 18 rings (SSSR count). The predicted molar refractivity (Wildman–Crippen MR) is 351 cm³/mol. The third-order valence-corrected chi connectivity index (χ3v) is 19.8. The van der Waals surface area contributed by atoms with Gasteiger partial charge in [0.05, 0.1) is 88.4 Å². The van der Waals surface area contributed by atoms with E-state index in [1.54, 1.807) is 22.7 Å². The van der Waals surface area contributed by atoms with Gasteiger partial charge in [0.15, 0.2) is 0 Å². The van der Waals surface area contributed by atoms with Crippen LogP contribution in [-0.4, -0.2) is 18.3 Å². The molecule has 0 unspecified atom stereocenters. The number of hydrogen-bond acceptors (Lipinski definition) is 3. The maximum atomic E-state index is 13.0. The van der Waals surface area contributed by atoms with E-state index in [4.69, 9.17) is 4.85 Å². The van der Waals surface area contributed by atoms with Crippen molar-refractivity contribution in [3.05, 3.63) is 259 Å². The van der Waals surface area contributed by atoms with E-state index in [0.717, 1.165) is 130 Å². The maximum Gasteiger partial charge on any atom is 0.237 e. The van der Waals surface area contributed by atoms with Crippen LogP contribution in [0.5, 0.6) is 0 Å². The summed E-state index contributed by atoms with van der Waals surface area (Å²) in [5, 5.41) is 26.1. The smallest absolute Gasteiger partial charge is 0.237 e. The SMILES string of the molecule is [C-]#[N+]c1c(-n2c3ccccc3c3ccccc32)c(-n2c3ccc(C)cc3c3ccc4c5ccccc5sc4c32)c(-n2c3ccccc3c3ccccc32)c(C#N)c1-n1c2ccc(-c3ccccc3)cc2c2ccc3c4ccccc4sc3c21. The van der Waals surface area contributed by atoms with Crippen molar-refractivity contribution < 1.29 is 0 Å². The Hall–Kier alpha value is -10.7. The fourth-order valence-electron chi connectivity index (χ4n) is 14.0. The highest BCUT2D eigenvalue weighted by Gasteiger charge is 2.36. The van der Waals surface area contributed by atoms with Crippen LogP contribution < -0.4 is 0 Å². The van der Waals surface area contributed by atoms with Gasteiger partial charge in [0.25, 0.3) is 0 Å². The minimum Gasteiger partial charge on any atom is -0.317 e. The molecule has 0 saturated heterocycles. The number of para-hydroxylation sites is 4. The number of thiophene rings is 2. The molecule has 83 heavy (non-hydrogen) atoms. The minimum atomic E-state index is 0.363. The number of aryl methyl sites for hydroxylation is 1. The molecule has 6 nitrogen and oxygen atoms in total. The van der Waals surface area contributed by atoms with E-state index < -0.39 is 0 Å². The zero-order chi connectivity index (χ0) is 54.8. The summed E-state index contributed by atoms with van der Waals surface area (Å²) in [5.74, 6) is 0. The van der Waals surface area contributed by atoms with Gasteiger partial charge in [-0.25, -0.2) is 4.85 Å². The summed E-state index contributed by atoms with van der Waals surface area (Å²) in [6, 6.07) is 87.9. The molecule has 0 aliphatic carbocycles. The van der Waals surface area contributed by atoms with Gasteiger partial charge in [0.1, 0.15) is 6.07 Å². The molecule has 12 aromatic carbocycles. The zero-order valence-corrected chi connectivity index (χ0v) is 46.1. The second-order valence-electron chi connectivity index (χ2n) is 21.7. The molecule has 0 fully saturated rings. The first-order valence-corrected chi connectivity index (χ1v) is 29.5. The van der Waals surface area contributed by atoms with Crippen LogP contribution in [0.3, 0.4) is 0 Å². The molecule has 0 saturated carbocycles. The van der Waals surface area contributed by atoms with E-state index in [2.05, 4.69) is 268 Å². The number of aromatic nitrogens is 4. The Morgan fingerprint density at radius 3 is 1.29 bits per heavy atom. The number of fused-ring (bicyclic) bond motifs is 20. The van der Waals surface area contributed by atoms with Crippen molar-refractivity contribution >= 4 is 156 Å². The molecule has 6 heterocycles. The predicted octanol–water partition coefficient (Wildman–Crippen LogP) is 21.2. The summed E-state index contributed by atoms with van der Waals surface area (Å²) in [6.45, 7) is 12.3. The lowest BCUT2D eigenvalue weighted by atomic mass is 10.0. The second kappa shape index (κ2) is 17.1. The molecule has 18 aromatic rings. The van der Waals surface area contributed by atoms with Crippen molar-refractivity contribution in [2.45, 2.75) is 6.92 Å². The molecule has 8 heteroatoms. The Morgan fingerprint density at radius 2 is 0.771 bits per heavy atom. The number of benzene rings is 12. The molecule has 0 N–H and O–H groups in total. The lowest BCUT2D eigenvalue weighted by Gasteiger charge is -2.27. The largest absolute Gasteiger partial charge is 0.317 e. The summed E-state index contributed by atoms with van der Waals surface area (Å²) >= 11 is 3.57. The van der Waals surface area contributed by atoms with Gasteiger partial charge in [-0.15, -0.1) is 22.7 Å². The fourth-order valence-corrected chi connectivity index (χ4v) is 16.5. The van der Waals surface area contributed by atoms with Crippen LogP contribution in [-0.2, 0) is 0 Å². The van der Waals surface area contributed by atoms with Crippen LogP contribution in [0.15, 0.2) is 237 Å². The van der Waals surface area contributed by atoms with Crippen LogP contribution in [0.4, 0.5) is 5.69 Å². The Kier molecular flexibility index (Phi) is 9.51. The number of nitriles is 1. The first-order chi connectivity index (χ1) is 41.1. The normalized spacial score (nSPS) is 12.1. The van der Waals surface area contributed by atoms with Crippen LogP contribution >= 0.6 is 22.7 Å². The molecular weight excluding hydrogens is 1050 g/mol. The maximum absolute atomic E-state index is 13.0. The van der Waals surface area contributed by atoms with E-state index in [-0.39, 0.29) is 0 Å². The second-order valence-corrected chi connectivity index (χ2v) is 23.8. The number of rotatable bonds is 5. The van der Waals surface area contributed by atoms with E-state index >= 15 is 0 Å². The van der Waals surface area contributed by atoms with Gasteiger partial charge < -0.3 is 18.3 Å². The standard InChI is InChI=1S/C75H42N6S2/c1-43-32-38-63-56(40-43)52-34-36-55-51-25-11-17-31-66(51)83-75(55)71(52)81(63)73-69(78-59-26-12-6-20-46(59)47-21-7-13-27-60(47)78)58(42-76)68(67(77-2)72(73)79-61-28-14-8-22-48(61)49-23-9-15-29-62(49)79)80-64-39-33-45(44-18-4-3-5-19-44)41-57(64)53-35-37-54-50-24-10-16-30-65(50)82-74(54)70(53)80/h3-41H,1H3. The quantitative estimate of drug-likeness (QED) is 0.158. The van der Waals surface area contributed by atoms with Gasteiger partial charge >= 0.3 is 0 Å². The zero-order valence-electron chi connectivity index (χ0n) is 44.5. The molecule has 0 amide bonds. The third kappa shape index (κ3) is 6.18. The van der Waals surface area contributed by atoms with Gasteiger partial charge in [-0.3, -0.25) is 0 Å². The topological polar surface area (TPSA) is 47.9 Å². The molecule has 6 aromatic heterocycles. The van der Waals surface area contributed by atoms with Crippen molar-refractivity contribution in [1.82, 2.24) is 18.3 Å². The van der Waals surface area contributed by atoms with Crippen molar-refractivity contribution in [2.75, 3.05) is 0 Å². The molecule has 384 valence electrons. The Bertz CT molecular complexity index is 5720. The average molecular weight is 1090 g/mol. The summed E-state index contributed by atoms with van der Waals surface area (Å²) in [4.78, 5) is 4.94. The molecule has 0 aliphatic heterocycles. The molecular formula is C75H42N6S2. The van der Waals surface area contributed by atoms with E-state index in [9.17, 15) is 11.8 Å². The molecule has 0 spiro atoms. The van der Waals surface area contributed by atoms with E-state index in [1.165, 1.54) is 20.2 Å². The average Bonchev–Trinajstić information content (AvgIpc) is 2.52. The summed E-state index contributed by atoms with van der Waals surface area (Å²) < 4.78 is 14.0. The number of hydrogen-bond donors (Lipinski definition) is 0. The van der Waals surface area contributed by atoms with Gasteiger partial charge in [-0.05, 0) is 78.7 Å². The van der Waals surface area contributed by atoms with E-state index in [1.807, 2.05) is 0 Å². The Labute approximate surface area is 482 Å². The van der Waals surface area contributed by atoms with Crippen molar-refractivity contribution in [3.8, 4) is 39.9 Å². The van der Waals surface area contributed by atoms with Crippen LogP contribution in [0.2, 0.25) is 0 Å². The molecule has 0 aliphatic rings. The first kappa shape index (κ1) is 46.1. The van der Waals surface area contributed by atoms with Gasteiger partial charge in [0, 0.05) is 74.0 Å². The Morgan fingerprint density at radius 1 is 0.349 bits per heavy atom. The number of nitrogens with zero attached hydrogens (tertiary/aromatic N) is 6. The van der Waals surface area contributed by atoms with Gasteiger partial charge in [-0.1, -0.05) is 181 Å². The molecule has 0 bridgehead atoms. The fraction of sp³-hybridized carbons (Fsp3) is 0.0133. The van der Waals surface area contributed by atoms with Crippen LogP contribution in [0, 0.1) is 24.8 Å². The van der Waals surface area contributed by atoms with Crippen molar-refractivity contribution in [2.24, 2.45) is 0 Å². The highest BCUT2D eigenvalue weighted by Crippen LogP contribution is 2.54. The van der Waals surface area contributed by atoms with Crippen LogP contribution in [0.1, 0.15) is 11.1 Å². The van der Waals surface area contributed by atoms with Gasteiger partial charge in [-0.2, -0.15) is 5.26 Å². The highest BCUT2D eigenvalue weighted by molar-refractivity contribution is 7.27. The lowest BCUT2D eigenvalue weighted by molar-refractivity contribution is 1.04. The van der Waals surface area contributed by atoms with Crippen LogP contribution in [0.25, 0.3) is 166 Å². The summed E-state index contributed by atoms with van der Waals surface area (Å²) in [7, 11) is 0. The highest BCUT2D eigenvalue weighted by atomic mass is 32.1. The lowest BCUT2D eigenvalue weighted by Crippen LogP contribution is -2.14. The summed E-state index contributed by atoms with van der Waals surface area (Å²) in [5.41, 5.74) is 14.4. The monoisotopic (exact) mass is 1090 g/mol. The van der Waals surface area contributed by atoms with Gasteiger partial charge in [0.2, 0.25) is 5.69 Å². The third-order valence-electron chi connectivity index (χ3n) is 17.5. The first-order valence-electron chi connectivity index (χ1n) is 27.8. The molecule has 0 atom stereocenters. The summed E-state index contributed by atoms with van der Waals surface area (Å²) in [6.07, 6.45) is 0. The van der Waals surface area contributed by atoms with Crippen molar-refractivity contribution in [1.29, 1.82) is 5.26 Å². The van der Waals surface area contributed by atoms with E-state index in [0.29, 0.717) is 28.3 Å². The van der Waals surface area contributed by atoms with Crippen molar-refractivity contribution in [3.63, 3.8) is 0 Å². The Balaban J connectivity index is 1.16.